The lowest BCUT2D eigenvalue weighted by Crippen LogP contribution is -2.01. The second kappa shape index (κ2) is 5.76. The van der Waals surface area contributed by atoms with Gasteiger partial charge in [0, 0.05) is 6.42 Å². The van der Waals surface area contributed by atoms with Crippen LogP contribution >= 0.6 is 0 Å². The van der Waals surface area contributed by atoms with Gasteiger partial charge in [-0.1, -0.05) is 36.4 Å². The molecule has 2 aromatic carbocycles. The van der Waals surface area contributed by atoms with Crippen molar-refractivity contribution in [1.29, 1.82) is 5.26 Å². The average molecular weight is 273 g/mol. The molecule has 0 spiro atoms. The number of carbonyl (C=O) groups is 1. The number of carbonyl (C=O) groups excluding carboxylic acids is 1. The van der Waals surface area contributed by atoms with Gasteiger partial charge in [-0.15, -0.1) is 0 Å². The first kappa shape index (κ1) is 13.3. The third-order valence-electron chi connectivity index (χ3n) is 3.81. The Morgan fingerprint density at radius 2 is 1.38 bits per heavy atom. The molecule has 0 aromatic heterocycles. The van der Waals surface area contributed by atoms with Gasteiger partial charge in [-0.25, -0.2) is 0 Å². The molecule has 102 valence electrons. The van der Waals surface area contributed by atoms with E-state index < -0.39 is 0 Å². The summed E-state index contributed by atoms with van der Waals surface area (Å²) in [5.41, 5.74) is 5.14. The molecule has 2 aromatic rings. The highest BCUT2D eigenvalue weighted by Crippen LogP contribution is 2.27. The van der Waals surface area contributed by atoms with Gasteiger partial charge >= 0.3 is 0 Å². The van der Waals surface area contributed by atoms with Gasteiger partial charge in [0.15, 0.2) is 5.78 Å². The summed E-state index contributed by atoms with van der Waals surface area (Å²) >= 11 is 0. The van der Waals surface area contributed by atoms with Crippen molar-refractivity contribution >= 4 is 11.4 Å². The van der Waals surface area contributed by atoms with Crippen molar-refractivity contribution < 1.29 is 4.79 Å². The Balaban J connectivity index is 1.87. The summed E-state index contributed by atoms with van der Waals surface area (Å²) in [4.78, 5) is 11.5. The van der Waals surface area contributed by atoms with Crippen molar-refractivity contribution in [3.8, 4) is 17.2 Å². The predicted octanol–water partition coefficient (Wildman–Crippen LogP) is 4.36. The molecule has 3 rings (SSSR count). The fourth-order valence-electron chi connectivity index (χ4n) is 2.63. The zero-order chi connectivity index (χ0) is 14.7. The summed E-state index contributed by atoms with van der Waals surface area (Å²) in [6.07, 6.45) is 4.37. The first-order valence-electron chi connectivity index (χ1n) is 7.10. The normalized spacial score (nSPS) is 14.4. The van der Waals surface area contributed by atoms with Crippen LogP contribution in [0.1, 0.15) is 30.4 Å². The van der Waals surface area contributed by atoms with E-state index in [0.29, 0.717) is 12.0 Å². The molecule has 0 bridgehead atoms. The largest absolute Gasteiger partial charge is 0.295 e. The van der Waals surface area contributed by atoms with Crippen LogP contribution in [0.15, 0.2) is 54.6 Å². The van der Waals surface area contributed by atoms with Crippen LogP contribution < -0.4 is 0 Å². The fourth-order valence-corrected chi connectivity index (χ4v) is 2.63. The second-order valence-corrected chi connectivity index (χ2v) is 5.26. The van der Waals surface area contributed by atoms with Crippen molar-refractivity contribution in [3.63, 3.8) is 0 Å². The molecule has 2 heteroatoms. The summed E-state index contributed by atoms with van der Waals surface area (Å²) in [7, 11) is 0. The van der Waals surface area contributed by atoms with E-state index >= 15 is 0 Å². The number of hydrogen-bond acceptors (Lipinski definition) is 2. The molecule has 0 unspecified atom stereocenters. The number of hydrogen-bond donors (Lipinski definition) is 0. The molecule has 2 nitrogen and oxygen atoms in total. The number of benzene rings is 2. The van der Waals surface area contributed by atoms with Gasteiger partial charge in [-0.2, -0.15) is 5.26 Å². The lowest BCUT2D eigenvalue weighted by Gasteiger charge is -2.12. The minimum Gasteiger partial charge on any atom is -0.295 e. The number of rotatable bonds is 2. The first-order chi connectivity index (χ1) is 10.3. The molecule has 0 saturated carbocycles. The van der Waals surface area contributed by atoms with Gasteiger partial charge in [-0.05, 0) is 53.3 Å². The molecule has 0 N–H and O–H groups in total. The maximum absolute atomic E-state index is 11.5. The van der Waals surface area contributed by atoms with Crippen LogP contribution in [0.25, 0.3) is 16.7 Å². The van der Waals surface area contributed by atoms with E-state index in [2.05, 4.69) is 30.3 Å². The van der Waals surface area contributed by atoms with Crippen LogP contribution in [-0.2, 0) is 4.79 Å². The van der Waals surface area contributed by atoms with Gasteiger partial charge < -0.3 is 0 Å². The van der Waals surface area contributed by atoms with E-state index in [9.17, 15) is 4.79 Å². The van der Waals surface area contributed by atoms with E-state index in [1.54, 1.807) is 6.08 Å². The summed E-state index contributed by atoms with van der Waals surface area (Å²) < 4.78 is 0. The molecule has 0 amide bonds. The van der Waals surface area contributed by atoms with Gasteiger partial charge in [0.05, 0.1) is 11.6 Å². The van der Waals surface area contributed by atoms with Crippen LogP contribution in [-0.4, -0.2) is 5.78 Å². The molecular weight excluding hydrogens is 258 g/mol. The molecule has 1 aliphatic rings. The minimum absolute atomic E-state index is 0.229. The molecule has 0 aliphatic heterocycles. The zero-order valence-electron chi connectivity index (χ0n) is 11.7. The SMILES string of the molecule is N#Cc1ccc(-c2ccc(C3=CC(=O)CCC3)cc2)cc1. The molecule has 0 heterocycles. The lowest BCUT2D eigenvalue weighted by molar-refractivity contribution is -0.114. The van der Waals surface area contributed by atoms with Gasteiger partial charge in [0.25, 0.3) is 0 Å². The third-order valence-corrected chi connectivity index (χ3v) is 3.81. The van der Waals surface area contributed by atoms with E-state index in [1.807, 2.05) is 24.3 Å². The summed E-state index contributed by atoms with van der Waals surface area (Å²) in [6.45, 7) is 0. The molecule has 0 fully saturated rings. The highest BCUT2D eigenvalue weighted by molar-refractivity contribution is 5.98. The number of allylic oxidation sites excluding steroid dienone is 2. The van der Waals surface area contributed by atoms with Crippen LogP contribution in [0.2, 0.25) is 0 Å². The Morgan fingerprint density at radius 3 is 1.95 bits per heavy atom. The van der Waals surface area contributed by atoms with E-state index in [-0.39, 0.29) is 5.78 Å². The highest BCUT2D eigenvalue weighted by atomic mass is 16.1. The Morgan fingerprint density at radius 1 is 0.810 bits per heavy atom. The van der Waals surface area contributed by atoms with Crippen molar-refractivity contribution in [1.82, 2.24) is 0 Å². The van der Waals surface area contributed by atoms with Gasteiger partial charge in [0.1, 0.15) is 0 Å². The third kappa shape index (κ3) is 2.93. The Bertz CT molecular complexity index is 731. The van der Waals surface area contributed by atoms with E-state index in [1.165, 1.54) is 0 Å². The molecular formula is C19H15NO. The molecule has 0 saturated heterocycles. The maximum atomic E-state index is 11.5. The van der Waals surface area contributed by atoms with Crippen molar-refractivity contribution in [3.05, 3.63) is 65.7 Å². The van der Waals surface area contributed by atoms with Crippen LogP contribution in [0, 0.1) is 11.3 Å². The monoisotopic (exact) mass is 273 g/mol. The Hall–Kier alpha value is -2.66. The van der Waals surface area contributed by atoms with Gasteiger partial charge in [0.2, 0.25) is 0 Å². The van der Waals surface area contributed by atoms with Crippen molar-refractivity contribution in [2.24, 2.45) is 0 Å². The molecule has 0 radical (unpaired) electrons. The molecule has 21 heavy (non-hydrogen) atoms. The molecule has 0 atom stereocenters. The van der Waals surface area contributed by atoms with Crippen LogP contribution in [0.3, 0.4) is 0 Å². The standard InChI is InChI=1S/C19H15NO/c20-13-14-4-6-15(7-5-14)16-8-10-17(11-9-16)18-2-1-3-19(21)12-18/h4-12H,1-3H2. The van der Waals surface area contributed by atoms with Crippen molar-refractivity contribution in [2.75, 3.05) is 0 Å². The Kier molecular flexibility index (Phi) is 3.66. The average Bonchev–Trinajstić information content (AvgIpc) is 2.55. The summed E-state index contributed by atoms with van der Waals surface area (Å²) in [5, 5.41) is 8.82. The maximum Gasteiger partial charge on any atom is 0.155 e. The number of nitrogens with zero attached hydrogens (tertiary/aromatic N) is 1. The highest BCUT2D eigenvalue weighted by Gasteiger charge is 2.11. The Labute approximate surface area is 124 Å². The van der Waals surface area contributed by atoms with Crippen molar-refractivity contribution in [2.45, 2.75) is 19.3 Å². The van der Waals surface area contributed by atoms with E-state index in [4.69, 9.17) is 5.26 Å². The van der Waals surface area contributed by atoms with E-state index in [0.717, 1.165) is 35.1 Å². The first-order valence-corrected chi connectivity index (χ1v) is 7.10. The number of ketones is 1. The molecule has 1 aliphatic carbocycles. The second-order valence-electron chi connectivity index (χ2n) is 5.26. The smallest absolute Gasteiger partial charge is 0.155 e. The quantitative estimate of drug-likeness (QED) is 0.815. The zero-order valence-corrected chi connectivity index (χ0v) is 11.7. The minimum atomic E-state index is 0.229. The summed E-state index contributed by atoms with van der Waals surface area (Å²) in [6, 6.07) is 18.0. The topological polar surface area (TPSA) is 40.9 Å². The predicted molar refractivity (Wildman–Crippen MR) is 83.4 cm³/mol. The van der Waals surface area contributed by atoms with Crippen LogP contribution in [0.4, 0.5) is 0 Å². The summed E-state index contributed by atoms with van der Waals surface area (Å²) in [5.74, 6) is 0.229. The van der Waals surface area contributed by atoms with Crippen LogP contribution in [0.5, 0.6) is 0 Å². The lowest BCUT2D eigenvalue weighted by atomic mass is 9.92. The number of nitriles is 1. The fraction of sp³-hybridized carbons (Fsp3) is 0.158. The van der Waals surface area contributed by atoms with Gasteiger partial charge in [-0.3, -0.25) is 4.79 Å².